The zero-order chi connectivity index (χ0) is 20.1. The van der Waals surface area contributed by atoms with Crippen LogP contribution < -0.4 is 19.8 Å². The average molecular weight is 382 g/mol. The Bertz CT molecular complexity index is 892. The van der Waals surface area contributed by atoms with Crippen molar-refractivity contribution in [1.29, 1.82) is 0 Å². The quantitative estimate of drug-likeness (QED) is 0.716. The second-order valence-corrected chi connectivity index (χ2v) is 6.79. The van der Waals surface area contributed by atoms with Gasteiger partial charge >= 0.3 is 0 Å². The Hall–Kier alpha value is -2.86. The van der Waals surface area contributed by atoms with Crippen molar-refractivity contribution in [1.82, 2.24) is 4.90 Å². The number of carbonyl (C=O) groups is 1. The Morgan fingerprint density at radius 1 is 0.929 bits per heavy atom. The van der Waals surface area contributed by atoms with Gasteiger partial charge in [0.1, 0.15) is 0 Å². The summed E-state index contributed by atoms with van der Waals surface area (Å²) < 4.78 is 10.5. The van der Waals surface area contributed by atoms with E-state index < -0.39 is 0 Å². The highest BCUT2D eigenvalue weighted by Gasteiger charge is 2.27. The van der Waals surface area contributed by atoms with E-state index in [0.29, 0.717) is 35.8 Å². The molecule has 6 nitrogen and oxygen atoms in total. The van der Waals surface area contributed by atoms with E-state index in [2.05, 4.69) is 9.80 Å². The van der Waals surface area contributed by atoms with Gasteiger partial charge in [-0.2, -0.15) is 0 Å². The summed E-state index contributed by atoms with van der Waals surface area (Å²) in [4.78, 5) is 29.4. The van der Waals surface area contributed by atoms with Gasteiger partial charge in [0.15, 0.2) is 17.3 Å². The van der Waals surface area contributed by atoms with Gasteiger partial charge in [-0.3, -0.25) is 14.5 Å². The first-order valence-corrected chi connectivity index (χ1v) is 9.39. The standard InChI is InChI=1S/C22H26N2O4/c1-16(22(26)17-9-10-20(27-2)21(15-17)28-3)23-11-13-24(14-12-23)18-7-5-4-6-8-19(18)25/h4-10,15-16H,11-14H2,1-3H3. The fraction of sp³-hybridized carbons (Fsp3) is 0.364. The highest BCUT2D eigenvalue weighted by molar-refractivity contribution is 6.00. The molecule has 1 fully saturated rings. The monoisotopic (exact) mass is 382 g/mol. The molecule has 2 aromatic carbocycles. The summed E-state index contributed by atoms with van der Waals surface area (Å²) in [5.41, 5.74) is 1.33. The Morgan fingerprint density at radius 3 is 2.29 bits per heavy atom. The maximum absolute atomic E-state index is 13.0. The predicted octanol–water partition coefficient (Wildman–Crippen LogP) is 2.46. The first-order chi connectivity index (χ1) is 13.5. The molecule has 0 bridgehead atoms. The number of piperazine rings is 1. The highest BCUT2D eigenvalue weighted by Crippen LogP contribution is 2.28. The van der Waals surface area contributed by atoms with Gasteiger partial charge in [-0.15, -0.1) is 0 Å². The van der Waals surface area contributed by atoms with Crippen LogP contribution in [0.25, 0.3) is 0 Å². The van der Waals surface area contributed by atoms with E-state index in [1.165, 1.54) is 0 Å². The number of Topliss-reactive ketones (excluding diaryl/α,β-unsaturated/α-hetero) is 1. The third-order valence-electron chi connectivity index (χ3n) is 5.23. The first kappa shape index (κ1) is 19.9. The van der Waals surface area contributed by atoms with Gasteiger partial charge in [-0.1, -0.05) is 18.2 Å². The number of anilines is 1. The maximum Gasteiger partial charge on any atom is 0.201 e. The third kappa shape index (κ3) is 4.17. The Morgan fingerprint density at radius 2 is 1.61 bits per heavy atom. The van der Waals surface area contributed by atoms with Crippen molar-refractivity contribution >= 4 is 11.5 Å². The van der Waals surface area contributed by atoms with Crippen LogP contribution in [0.3, 0.4) is 0 Å². The second-order valence-electron chi connectivity index (χ2n) is 6.79. The van der Waals surface area contributed by atoms with E-state index in [1.807, 2.05) is 25.1 Å². The van der Waals surface area contributed by atoms with Crippen LogP contribution in [0.2, 0.25) is 0 Å². The molecule has 0 aliphatic carbocycles. The van der Waals surface area contributed by atoms with Gasteiger partial charge in [0.05, 0.1) is 25.9 Å². The topological polar surface area (TPSA) is 59.1 Å². The zero-order valence-corrected chi connectivity index (χ0v) is 16.6. The fourth-order valence-corrected chi connectivity index (χ4v) is 3.53. The lowest BCUT2D eigenvalue weighted by Crippen LogP contribution is -2.52. The molecular weight excluding hydrogens is 356 g/mol. The van der Waals surface area contributed by atoms with Crippen molar-refractivity contribution < 1.29 is 14.3 Å². The van der Waals surface area contributed by atoms with E-state index in [-0.39, 0.29) is 17.3 Å². The van der Waals surface area contributed by atoms with Crippen molar-refractivity contribution in [2.75, 3.05) is 45.3 Å². The van der Waals surface area contributed by atoms with E-state index in [9.17, 15) is 9.59 Å². The van der Waals surface area contributed by atoms with Crippen LogP contribution in [-0.4, -0.2) is 57.1 Å². The van der Waals surface area contributed by atoms with E-state index in [4.69, 9.17) is 9.47 Å². The minimum absolute atomic E-state index is 0.0212. The minimum Gasteiger partial charge on any atom is -0.493 e. The number of hydrogen-bond donors (Lipinski definition) is 0. The molecule has 1 unspecified atom stereocenters. The van der Waals surface area contributed by atoms with Crippen molar-refractivity contribution in [2.24, 2.45) is 0 Å². The van der Waals surface area contributed by atoms with Crippen LogP contribution in [0.4, 0.5) is 5.69 Å². The summed E-state index contributed by atoms with van der Waals surface area (Å²) in [6.07, 6.45) is 0. The molecule has 1 saturated heterocycles. The molecule has 148 valence electrons. The first-order valence-electron chi connectivity index (χ1n) is 9.39. The molecule has 2 aromatic rings. The number of ketones is 1. The summed E-state index contributed by atoms with van der Waals surface area (Å²) in [5, 5.41) is 0. The maximum atomic E-state index is 13.0. The number of methoxy groups -OCH3 is 2. The molecule has 0 N–H and O–H groups in total. The molecule has 3 rings (SSSR count). The molecule has 1 heterocycles. The molecule has 28 heavy (non-hydrogen) atoms. The predicted molar refractivity (Wildman–Crippen MR) is 110 cm³/mol. The number of hydrogen-bond acceptors (Lipinski definition) is 6. The molecule has 0 radical (unpaired) electrons. The van der Waals surface area contributed by atoms with Crippen LogP contribution in [0, 0.1) is 0 Å². The van der Waals surface area contributed by atoms with Gasteiger partial charge < -0.3 is 14.4 Å². The SMILES string of the molecule is COc1ccc(C(=O)C(C)N2CCN(c3cccccc3=O)CC2)cc1OC. The van der Waals surface area contributed by atoms with Crippen molar-refractivity contribution in [3.05, 3.63) is 64.3 Å². The van der Waals surface area contributed by atoms with Crippen molar-refractivity contribution in [3.63, 3.8) is 0 Å². The van der Waals surface area contributed by atoms with Gasteiger partial charge in [0, 0.05) is 31.7 Å². The lowest BCUT2D eigenvalue weighted by atomic mass is 10.0. The van der Waals surface area contributed by atoms with E-state index in [1.54, 1.807) is 44.6 Å². The van der Waals surface area contributed by atoms with Gasteiger partial charge in [0.2, 0.25) is 5.43 Å². The fourth-order valence-electron chi connectivity index (χ4n) is 3.53. The molecule has 0 saturated carbocycles. The molecular formula is C22H26N2O4. The molecule has 6 heteroatoms. The summed E-state index contributed by atoms with van der Waals surface area (Å²) in [6.45, 7) is 4.79. The third-order valence-corrected chi connectivity index (χ3v) is 5.23. The Kier molecular flexibility index (Phi) is 6.31. The van der Waals surface area contributed by atoms with E-state index >= 15 is 0 Å². The van der Waals surface area contributed by atoms with Gasteiger partial charge in [0.25, 0.3) is 0 Å². The van der Waals surface area contributed by atoms with Crippen LogP contribution in [0.5, 0.6) is 11.5 Å². The molecule has 1 aliphatic heterocycles. The van der Waals surface area contributed by atoms with Crippen molar-refractivity contribution in [3.8, 4) is 11.5 Å². The van der Waals surface area contributed by atoms with Crippen LogP contribution in [0.1, 0.15) is 17.3 Å². The average Bonchev–Trinajstić information content (AvgIpc) is 2.96. The molecule has 0 aromatic heterocycles. The van der Waals surface area contributed by atoms with Crippen molar-refractivity contribution in [2.45, 2.75) is 13.0 Å². The number of carbonyl (C=O) groups excluding carboxylic acids is 1. The number of rotatable bonds is 6. The van der Waals surface area contributed by atoms with Gasteiger partial charge in [-0.25, -0.2) is 0 Å². The number of ether oxygens (including phenoxy) is 2. The molecule has 0 amide bonds. The summed E-state index contributed by atoms with van der Waals surface area (Å²) in [6, 6.07) is 13.9. The van der Waals surface area contributed by atoms with Crippen LogP contribution in [-0.2, 0) is 0 Å². The largest absolute Gasteiger partial charge is 0.493 e. The van der Waals surface area contributed by atoms with Crippen LogP contribution in [0.15, 0.2) is 53.3 Å². The summed E-state index contributed by atoms with van der Waals surface area (Å²) in [5.74, 6) is 1.19. The lowest BCUT2D eigenvalue weighted by Gasteiger charge is -2.38. The molecule has 1 aliphatic rings. The molecule has 0 spiro atoms. The normalized spacial score (nSPS) is 15.8. The second kappa shape index (κ2) is 8.89. The van der Waals surface area contributed by atoms with Gasteiger partial charge in [-0.05, 0) is 37.3 Å². The Labute approximate surface area is 165 Å². The lowest BCUT2D eigenvalue weighted by molar-refractivity contribution is 0.0829. The number of nitrogens with zero attached hydrogens (tertiary/aromatic N) is 2. The smallest absolute Gasteiger partial charge is 0.201 e. The molecule has 1 atom stereocenters. The summed E-state index contributed by atoms with van der Waals surface area (Å²) >= 11 is 0. The highest BCUT2D eigenvalue weighted by atomic mass is 16.5. The summed E-state index contributed by atoms with van der Waals surface area (Å²) in [7, 11) is 3.13. The Balaban J connectivity index is 1.68. The zero-order valence-electron chi connectivity index (χ0n) is 16.6. The van der Waals surface area contributed by atoms with E-state index in [0.717, 1.165) is 13.1 Å². The minimum atomic E-state index is -0.251. The number of benzene rings is 1. The van der Waals surface area contributed by atoms with Crippen LogP contribution >= 0.6 is 0 Å².